The highest BCUT2D eigenvalue weighted by Crippen LogP contribution is 2.37. The molecular formula is C37H28ClN3O5S. The lowest BCUT2D eigenvalue weighted by Gasteiger charge is -2.18. The van der Waals surface area contributed by atoms with Crippen LogP contribution >= 0.6 is 23.4 Å². The van der Waals surface area contributed by atoms with E-state index in [0.29, 0.717) is 32.4 Å². The van der Waals surface area contributed by atoms with E-state index in [-0.39, 0.29) is 17.2 Å². The van der Waals surface area contributed by atoms with Crippen LogP contribution in [0.25, 0.3) is 6.08 Å². The molecule has 5 aromatic carbocycles. The average Bonchev–Trinajstić information content (AvgIpc) is 3.08. The van der Waals surface area contributed by atoms with E-state index in [1.807, 2.05) is 36.4 Å². The molecule has 0 radical (unpaired) electrons. The Hall–Kier alpha value is -5.64. The first-order chi connectivity index (χ1) is 22.7. The molecule has 0 spiro atoms. The van der Waals surface area contributed by atoms with Crippen LogP contribution < -0.4 is 16.0 Å². The zero-order chi connectivity index (χ0) is 33.2. The number of aromatic carboxylic acids is 1. The molecule has 0 aromatic heterocycles. The normalized spacial score (nSPS) is 11.6. The summed E-state index contributed by atoms with van der Waals surface area (Å²) in [5.74, 6) is -2.38. The molecule has 0 aliphatic heterocycles. The molecule has 0 aliphatic rings. The molecule has 0 saturated carbocycles. The second-order valence-electron chi connectivity index (χ2n) is 10.2. The highest BCUT2D eigenvalue weighted by atomic mass is 35.5. The molecule has 0 saturated heterocycles. The number of hydrogen-bond donors (Lipinski definition) is 4. The Kier molecular flexibility index (Phi) is 10.9. The number of thioether (sulfide) groups is 1. The van der Waals surface area contributed by atoms with Crippen LogP contribution in [0, 0.1) is 0 Å². The van der Waals surface area contributed by atoms with Crippen molar-refractivity contribution >= 4 is 64.5 Å². The molecule has 3 amide bonds. The summed E-state index contributed by atoms with van der Waals surface area (Å²) in [6.07, 6.45) is 1.54. The largest absolute Gasteiger partial charge is 0.478 e. The second-order valence-corrected chi connectivity index (χ2v) is 11.8. The van der Waals surface area contributed by atoms with Crippen LogP contribution in [-0.4, -0.2) is 28.8 Å². The van der Waals surface area contributed by atoms with Crippen molar-refractivity contribution in [2.45, 2.75) is 10.1 Å². The zero-order valence-corrected chi connectivity index (χ0v) is 26.3. The van der Waals surface area contributed by atoms with E-state index >= 15 is 0 Å². The molecule has 5 rings (SSSR count). The molecule has 47 heavy (non-hydrogen) atoms. The molecule has 4 N–H and O–H groups in total. The van der Waals surface area contributed by atoms with Gasteiger partial charge >= 0.3 is 5.97 Å². The van der Waals surface area contributed by atoms with Gasteiger partial charge in [0, 0.05) is 26.9 Å². The molecular weight excluding hydrogens is 634 g/mol. The lowest BCUT2D eigenvalue weighted by molar-refractivity contribution is -0.116. The molecule has 0 fully saturated rings. The third kappa shape index (κ3) is 9.20. The molecule has 5 aromatic rings. The zero-order valence-electron chi connectivity index (χ0n) is 24.7. The van der Waals surface area contributed by atoms with Crippen molar-refractivity contribution in [3.05, 3.63) is 166 Å². The Morgan fingerprint density at radius 2 is 1.36 bits per heavy atom. The van der Waals surface area contributed by atoms with Gasteiger partial charge in [-0.25, -0.2) is 4.79 Å². The highest BCUT2D eigenvalue weighted by Gasteiger charge is 2.23. The third-order valence-corrected chi connectivity index (χ3v) is 8.26. The van der Waals surface area contributed by atoms with Gasteiger partial charge in [0.1, 0.15) is 10.9 Å². The summed E-state index contributed by atoms with van der Waals surface area (Å²) >= 11 is 7.44. The van der Waals surface area contributed by atoms with Crippen LogP contribution in [0.1, 0.15) is 37.1 Å². The van der Waals surface area contributed by atoms with E-state index < -0.39 is 23.0 Å². The van der Waals surface area contributed by atoms with Crippen LogP contribution in [0.2, 0.25) is 5.02 Å². The first kappa shape index (κ1) is 32.7. The number of carbonyl (C=O) groups excluding carboxylic acids is 3. The molecule has 10 heteroatoms. The molecule has 8 nitrogen and oxygen atoms in total. The number of nitrogens with one attached hydrogen (secondary N) is 3. The number of halogens is 1. The summed E-state index contributed by atoms with van der Waals surface area (Å²) in [6, 6.07) is 37.6. The minimum Gasteiger partial charge on any atom is -0.478 e. The maximum atomic E-state index is 13.6. The van der Waals surface area contributed by atoms with Crippen molar-refractivity contribution in [3.8, 4) is 0 Å². The first-order valence-electron chi connectivity index (χ1n) is 14.4. The summed E-state index contributed by atoms with van der Waals surface area (Å²) < 4.78 is 0. The standard InChI is InChI=1S/C37H28ClN3O5S/c38-28-14-7-9-24(21-28)22-32(41-34(42)26-12-5-2-6-13-26)35(43)40-30-15-8-16-31(23-30)47-33(25-10-3-1-4-11-25)36(44)39-29-19-17-27(18-20-29)37(45)46/h1-23,33H,(H,39,44)(H,40,43)(H,41,42)(H,45,46)/b32-22-. The van der Waals surface area contributed by atoms with Crippen molar-refractivity contribution in [3.63, 3.8) is 0 Å². The van der Waals surface area contributed by atoms with Gasteiger partial charge in [-0.15, -0.1) is 11.8 Å². The Labute approximate surface area is 280 Å². The number of carboxylic acids is 1. The monoisotopic (exact) mass is 661 g/mol. The smallest absolute Gasteiger partial charge is 0.335 e. The van der Waals surface area contributed by atoms with Gasteiger partial charge in [-0.2, -0.15) is 0 Å². The van der Waals surface area contributed by atoms with Gasteiger partial charge in [-0.05, 0) is 83.9 Å². The third-order valence-electron chi connectivity index (χ3n) is 6.77. The van der Waals surface area contributed by atoms with Gasteiger partial charge in [0.15, 0.2) is 0 Å². The molecule has 1 unspecified atom stereocenters. The van der Waals surface area contributed by atoms with Gasteiger partial charge in [0.25, 0.3) is 11.8 Å². The number of amides is 3. The average molecular weight is 662 g/mol. The van der Waals surface area contributed by atoms with Crippen molar-refractivity contribution in [2.75, 3.05) is 10.6 Å². The molecule has 0 bridgehead atoms. The number of carboxylic acid groups (broad SMARTS) is 1. The number of benzene rings is 5. The van der Waals surface area contributed by atoms with Crippen molar-refractivity contribution in [2.24, 2.45) is 0 Å². The number of rotatable bonds is 11. The van der Waals surface area contributed by atoms with Crippen molar-refractivity contribution < 1.29 is 24.3 Å². The Bertz CT molecular complexity index is 1930. The summed E-state index contributed by atoms with van der Waals surface area (Å²) in [4.78, 5) is 52.0. The SMILES string of the molecule is O=C(Nc1cccc(SC(C(=O)Nc2ccc(C(=O)O)cc2)c2ccccc2)c1)/C(=C/c1cccc(Cl)c1)NC(=O)c1ccccc1. The first-order valence-corrected chi connectivity index (χ1v) is 15.6. The van der Waals surface area contributed by atoms with Crippen molar-refractivity contribution in [1.29, 1.82) is 0 Å². The summed E-state index contributed by atoms with van der Waals surface area (Å²) in [7, 11) is 0. The maximum Gasteiger partial charge on any atom is 0.335 e. The van der Waals surface area contributed by atoms with E-state index in [9.17, 15) is 24.3 Å². The fourth-order valence-corrected chi connectivity index (χ4v) is 5.77. The fraction of sp³-hybridized carbons (Fsp3) is 0.0270. The molecule has 0 heterocycles. The predicted molar refractivity (Wildman–Crippen MR) is 185 cm³/mol. The van der Waals surface area contributed by atoms with Gasteiger partial charge in [0.2, 0.25) is 5.91 Å². The summed E-state index contributed by atoms with van der Waals surface area (Å²) in [5, 5.41) is 17.4. The highest BCUT2D eigenvalue weighted by molar-refractivity contribution is 8.00. The van der Waals surface area contributed by atoms with Gasteiger partial charge in [-0.3, -0.25) is 14.4 Å². The second kappa shape index (κ2) is 15.6. The Morgan fingerprint density at radius 1 is 0.681 bits per heavy atom. The maximum absolute atomic E-state index is 13.6. The van der Waals surface area contributed by atoms with Crippen molar-refractivity contribution in [1.82, 2.24) is 5.32 Å². The number of hydrogen-bond acceptors (Lipinski definition) is 5. The van der Waals surface area contributed by atoms with E-state index in [4.69, 9.17) is 11.6 Å². The minimum atomic E-state index is -1.06. The lowest BCUT2D eigenvalue weighted by Crippen LogP contribution is -2.30. The van der Waals surface area contributed by atoms with E-state index in [1.165, 1.54) is 36.0 Å². The predicted octanol–water partition coefficient (Wildman–Crippen LogP) is 7.92. The van der Waals surface area contributed by atoms with E-state index in [0.717, 1.165) is 5.56 Å². The number of anilines is 2. The minimum absolute atomic E-state index is 0.00892. The fourth-order valence-electron chi connectivity index (χ4n) is 4.49. The van der Waals surface area contributed by atoms with E-state index in [1.54, 1.807) is 78.9 Å². The lowest BCUT2D eigenvalue weighted by atomic mass is 10.1. The molecule has 0 aliphatic carbocycles. The van der Waals surface area contributed by atoms with Crippen LogP contribution in [-0.2, 0) is 9.59 Å². The summed E-state index contributed by atoms with van der Waals surface area (Å²) in [5.41, 5.74) is 2.78. The topological polar surface area (TPSA) is 125 Å². The Balaban J connectivity index is 1.36. The van der Waals surface area contributed by atoms with Crippen LogP contribution in [0.3, 0.4) is 0 Å². The summed E-state index contributed by atoms with van der Waals surface area (Å²) in [6.45, 7) is 0. The Morgan fingerprint density at radius 3 is 2.04 bits per heavy atom. The van der Waals surface area contributed by atoms with Crippen LogP contribution in [0.4, 0.5) is 11.4 Å². The van der Waals surface area contributed by atoms with Gasteiger partial charge < -0.3 is 21.1 Å². The van der Waals surface area contributed by atoms with Crippen LogP contribution in [0.15, 0.2) is 144 Å². The molecule has 234 valence electrons. The van der Waals surface area contributed by atoms with E-state index in [2.05, 4.69) is 16.0 Å². The number of carbonyl (C=O) groups is 4. The van der Waals surface area contributed by atoms with Gasteiger partial charge in [-0.1, -0.05) is 78.3 Å². The van der Waals surface area contributed by atoms with Gasteiger partial charge in [0.05, 0.1) is 5.56 Å². The molecule has 1 atom stereocenters. The van der Waals surface area contributed by atoms with Crippen LogP contribution in [0.5, 0.6) is 0 Å². The quantitative estimate of drug-likeness (QED) is 0.0842.